The van der Waals surface area contributed by atoms with Crippen LogP contribution in [0, 0.1) is 0 Å². The van der Waals surface area contributed by atoms with Gasteiger partial charge in [0, 0.05) is 18.5 Å². The molecule has 21 heavy (non-hydrogen) atoms. The number of aromatic nitrogens is 1. The fourth-order valence-electron chi connectivity index (χ4n) is 1.99. The summed E-state index contributed by atoms with van der Waals surface area (Å²) in [6.45, 7) is 5.68. The number of thiazole rings is 1. The molecule has 1 saturated heterocycles. The van der Waals surface area contributed by atoms with E-state index in [2.05, 4.69) is 10.3 Å². The summed E-state index contributed by atoms with van der Waals surface area (Å²) < 4.78 is 5.20. The van der Waals surface area contributed by atoms with Gasteiger partial charge in [0.1, 0.15) is 16.7 Å². The van der Waals surface area contributed by atoms with Gasteiger partial charge in [-0.1, -0.05) is 0 Å². The highest BCUT2D eigenvalue weighted by molar-refractivity contribution is 7.09. The van der Waals surface area contributed by atoms with Crippen LogP contribution in [0.15, 0.2) is 5.38 Å². The number of amides is 2. The highest BCUT2D eigenvalue weighted by atomic mass is 32.1. The Labute approximate surface area is 127 Å². The Morgan fingerprint density at radius 2 is 2.10 bits per heavy atom. The standard InChI is InChI=1S/C13H20N4O3S/c1-8(14)12-16-10(7-21-12)11(18)15-9(2)13(19)17-3-5-20-6-4-17/h7-9H,3-6,14H2,1-2H3,(H,15,18). The van der Waals surface area contributed by atoms with Crippen molar-refractivity contribution in [2.45, 2.75) is 25.9 Å². The summed E-state index contributed by atoms with van der Waals surface area (Å²) >= 11 is 1.34. The highest BCUT2D eigenvalue weighted by Gasteiger charge is 2.24. The molecule has 0 spiro atoms. The lowest BCUT2D eigenvalue weighted by Gasteiger charge is -2.29. The highest BCUT2D eigenvalue weighted by Crippen LogP contribution is 2.15. The van der Waals surface area contributed by atoms with Gasteiger partial charge in [0.15, 0.2) is 0 Å². The second-order valence-corrected chi connectivity index (χ2v) is 5.88. The van der Waals surface area contributed by atoms with Crippen molar-refractivity contribution in [1.29, 1.82) is 0 Å². The summed E-state index contributed by atoms with van der Waals surface area (Å²) in [5.74, 6) is -0.457. The molecular formula is C13H20N4O3S. The van der Waals surface area contributed by atoms with Gasteiger partial charge in [-0.25, -0.2) is 4.98 Å². The molecule has 1 aromatic rings. The van der Waals surface area contributed by atoms with Gasteiger partial charge in [0.05, 0.1) is 19.3 Å². The summed E-state index contributed by atoms with van der Waals surface area (Å²) in [5, 5.41) is 5.03. The smallest absolute Gasteiger partial charge is 0.271 e. The topological polar surface area (TPSA) is 97.6 Å². The monoisotopic (exact) mass is 312 g/mol. The van der Waals surface area contributed by atoms with Crippen LogP contribution in [0.1, 0.15) is 35.4 Å². The molecule has 2 heterocycles. The second-order valence-electron chi connectivity index (χ2n) is 4.99. The number of nitrogens with one attached hydrogen (secondary N) is 1. The number of rotatable bonds is 4. The molecule has 2 rings (SSSR count). The minimum Gasteiger partial charge on any atom is -0.378 e. The minimum absolute atomic E-state index is 0.103. The van der Waals surface area contributed by atoms with Gasteiger partial charge in [-0.3, -0.25) is 9.59 Å². The van der Waals surface area contributed by atoms with E-state index < -0.39 is 6.04 Å². The third-order valence-corrected chi connectivity index (χ3v) is 4.23. The van der Waals surface area contributed by atoms with Crippen molar-refractivity contribution >= 4 is 23.2 Å². The molecule has 1 aliphatic rings. The number of carbonyl (C=O) groups is 2. The van der Waals surface area contributed by atoms with Crippen LogP contribution in [0.5, 0.6) is 0 Å². The fourth-order valence-corrected chi connectivity index (χ4v) is 2.75. The van der Waals surface area contributed by atoms with Gasteiger partial charge in [-0.05, 0) is 13.8 Å². The minimum atomic E-state index is -0.587. The summed E-state index contributed by atoms with van der Waals surface area (Å²) in [5.41, 5.74) is 6.02. The molecule has 0 aliphatic carbocycles. The predicted octanol–water partition coefficient (Wildman–Crippen LogP) is 0.140. The van der Waals surface area contributed by atoms with Crippen LogP contribution in [-0.2, 0) is 9.53 Å². The maximum atomic E-state index is 12.2. The van der Waals surface area contributed by atoms with Crippen LogP contribution in [0.3, 0.4) is 0 Å². The molecule has 1 fully saturated rings. The number of ether oxygens (including phenoxy) is 1. The van der Waals surface area contributed by atoms with Gasteiger partial charge in [0.25, 0.3) is 5.91 Å². The number of carbonyl (C=O) groups excluding carboxylic acids is 2. The first-order chi connectivity index (χ1) is 9.99. The zero-order valence-corrected chi connectivity index (χ0v) is 13.0. The first-order valence-electron chi connectivity index (χ1n) is 6.87. The quantitative estimate of drug-likeness (QED) is 0.824. The SMILES string of the molecule is CC(NC(=O)c1csc(C(C)N)n1)C(=O)N1CCOCC1. The first-order valence-corrected chi connectivity index (χ1v) is 7.75. The summed E-state index contributed by atoms with van der Waals surface area (Å²) in [4.78, 5) is 30.1. The Morgan fingerprint density at radius 1 is 1.43 bits per heavy atom. The van der Waals surface area contributed by atoms with Gasteiger partial charge < -0.3 is 20.7 Å². The summed E-state index contributed by atoms with van der Waals surface area (Å²) in [6, 6.07) is -0.792. The van der Waals surface area contributed by atoms with E-state index in [1.54, 1.807) is 17.2 Å². The zero-order chi connectivity index (χ0) is 15.4. The van der Waals surface area contributed by atoms with E-state index in [4.69, 9.17) is 10.5 Å². The molecule has 0 saturated carbocycles. The maximum Gasteiger partial charge on any atom is 0.271 e. The second kappa shape index (κ2) is 6.97. The van der Waals surface area contributed by atoms with Gasteiger partial charge in [-0.15, -0.1) is 11.3 Å². The van der Waals surface area contributed by atoms with E-state index in [1.807, 2.05) is 6.92 Å². The molecule has 3 N–H and O–H groups in total. The molecule has 2 unspecified atom stereocenters. The van der Waals surface area contributed by atoms with Crippen LogP contribution in [-0.4, -0.2) is 54.0 Å². The average Bonchev–Trinajstić information content (AvgIpc) is 2.97. The van der Waals surface area contributed by atoms with Crippen LogP contribution < -0.4 is 11.1 Å². The van der Waals surface area contributed by atoms with Crippen molar-refractivity contribution < 1.29 is 14.3 Å². The lowest BCUT2D eigenvalue weighted by Crippen LogP contribution is -2.50. The van der Waals surface area contributed by atoms with Crippen molar-refractivity contribution in [2.24, 2.45) is 5.73 Å². The molecule has 0 bridgehead atoms. The van der Waals surface area contributed by atoms with Crippen LogP contribution in [0.25, 0.3) is 0 Å². The van der Waals surface area contributed by atoms with Crippen molar-refractivity contribution in [3.05, 3.63) is 16.1 Å². The summed E-state index contributed by atoms with van der Waals surface area (Å²) in [7, 11) is 0. The lowest BCUT2D eigenvalue weighted by molar-refractivity contribution is -0.136. The lowest BCUT2D eigenvalue weighted by atomic mass is 10.2. The van der Waals surface area contributed by atoms with Crippen molar-refractivity contribution in [3.8, 4) is 0 Å². The molecule has 2 amide bonds. The molecule has 7 nitrogen and oxygen atoms in total. The Morgan fingerprint density at radius 3 is 2.67 bits per heavy atom. The van der Waals surface area contributed by atoms with Crippen LogP contribution in [0.4, 0.5) is 0 Å². The van der Waals surface area contributed by atoms with Crippen LogP contribution >= 0.6 is 11.3 Å². The van der Waals surface area contributed by atoms with Gasteiger partial charge in [0.2, 0.25) is 5.91 Å². The van der Waals surface area contributed by atoms with Crippen LogP contribution in [0.2, 0.25) is 0 Å². The van der Waals surface area contributed by atoms with E-state index in [1.165, 1.54) is 11.3 Å². The van der Waals surface area contributed by atoms with E-state index >= 15 is 0 Å². The number of hydrogen-bond acceptors (Lipinski definition) is 6. The van der Waals surface area contributed by atoms with E-state index in [0.717, 1.165) is 0 Å². The van der Waals surface area contributed by atoms with Crippen molar-refractivity contribution in [3.63, 3.8) is 0 Å². The Hall–Kier alpha value is -1.51. The van der Waals surface area contributed by atoms with E-state index in [-0.39, 0.29) is 17.9 Å². The molecule has 0 radical (unpaired) electrons. The molecule has 8 heteroatoms. The number of nitrogens with zero attached hydrogens (tertiary/aromatic N) is 2. The normalized spacial score (nSPS) is 18.1. The fraction of sp³-hybridized carbons (Fsp3) is 0.615. The average molecular weight is 312 g/mol. The molecule has 1 aromatic heterocycles. The molecule has 2 atom stereocenters. The maximum absolute atomic E-state index is 12.2. The van der Waals surface area contributed by atoms with E-state index in [0.29, 0.717) is 37.0 Å². The van der Waals surface area contributed by atoms with Gasteiger partial charge in [-0.2, -0.15) is 0 Å². The zero-order valence-electron chi connectivity index (χ0n) is 12.2. The van der Waals surface area contributed by atoms with Crippen molar-refractivity contribution in [1.82, 2.24) is 15.2 Å². The third kappa shape index (κ3) is 3.99. The molecular weight excluding hydrogens is 292 g/mol. The number of hydrogen-bond donors (Lipinski definition) is 2. The van der Waals surface area contributed by atoms with Crippen molar-refractivity contribution in [2.75, 3.05) is 26.3 Å². The number of morpholine rings is 1. The Kier molecular flexibility index (Phi) is 5.27. The third-order valence-electron chi connectivity index (χ3n) is 3.18. The largest absolute Gasteiger partial charge is 0.378 e. The Balaban J connectivity index is 1.92. The van der Waals surface area contributed by atoms with Gasteiger partial charge >= 0.3 is 0 Å². The number of nitrogens with two attached hydrogens (primary N) is 1. The summed E-state index contributed by atoms with van der Waals surface area (Å²) in [6.07, 6.45) is 0. The Bertz CT molecular complexity index is 511. The first kappa shape index (κ1) is 15.9. The molecule has 0 aromatic carbocycles. The van der Waals surface area contributed by atoms with E-state index in [9.17, 15) is 9.59 Å². The molecule has 116 valence electrons. The molecule has 1 aliphatic heterocycles. The predicted molar refractivity (Wildman–Crippen MR) is 79.0 cm³/mol.